The van der Waals surface area contributed by atoms with Crippen molar-refractivity contribution >= 4 is 6.29 Å². The van der Waals surface area contributed by atoms with E-state index in [1.165, 1.54) is 0 Å². The topological polar surface area (TPSA) is 63.1 Å². The van der Waals surface area contributed by atoms with Gasteiger partial charge < -0.3 is 9.90 Å². The van der Waals surface area contributed by atoms with Crippen LogP contribution in [0.15, 0.2) is 18.5 Å². The number of hydrogen-bond donors (Lipinski definition) is 1. The maximum absolute atomic E-state index is 10.0. The molecule has 1 aromatic heterocycles. The van der Waals surface area contributed by atoms with Gasteiger partial charge in [0.05, 0.1) is 0 Å². The Kier molecular flexibility index (Phi) is 2.68. The predicted molar refractivity (Wildman–Crippen MR) is 37.8 cm³/mol. The van der Waals surface area contributed by atoms with Gasteiger partial charge in [0.2, 0.25) is 0 Å². The smallest absolute Gasteiger partial charge is 0.148 e. The van der Waals surface area contributed by atoms with Crippen LogP contribution < -0.4 is 0 Å². The fourth-order valence-electron chi connectivity index (χ4n) is 0.671. The van der Waals surface area contributed by atoms with Gasteiger partial charge in [0.15, 0.2) is 0 Å². The molecule has 0 aliphatic carbocycles. The normalized spacial score (nSPS) is 12.5. The largest absolute Gasteiger partial charge is 0.385 e. The Labute approximate surface area is 63.9 Å². The van der Waals surface area contributed by atoms with Gasteiger partial charge in [0, 0.05) is 18.8 Å². The van der Waals surface area contributed by atoms with Crippen molar-refractivity contribution < 1.29 is 9.90 Å². The summed E-state index contributed by atoms with van der Waals surface area (Å²) in [5, 5.41) is 8.86. The number of hydrogen-bond acceptors (Lipinski definition) is 4. The van der Waals surface area contributed by atoms with Crippen molar-refractivity contribution in [3.05, 3.63) is 24.3 Å². The summed E-state index contributed by atoms with van der Waals surface area (Å²) in [5.74, 6) is 0.479. The highest BCUT2D eigenvalue weighted by molar-refractivity contribution is 5.55. The molecule has 0 radical (unpaired) electrons. The monoisotopic (exact) mass is 152 g/mol. The number of rotatable bonds is 3. The van der Waals surface area contributed by atoms with Crippen molar-refractivity contribution in [2.75, 3.05) is 0 Å². The van der Waals surface area contributed by atoms with E-state index in [2.05, 4.69) is 9.97 Å². The summed E-state index contributed by atoms with van der Waals surface area (Å²) in [5.41, 5.74) is 0. The van der Waals surface area contributed by atoms with Crippen LogP contribution in [0.25, 0.3) is 0 Å². The first-order valence-electron chi connectivity index (χ1n) is 3.22. The molecule has 1 rings (SSSR count). The fourth-order valence-corrected chi connectivity index (χ4v) is 0.671. The Morgan fingerprint density at radius 1 is 1.55 bits per heavy atom. The Bertz CT molecular complexity index is 225. The van der Waals surface area contributed by atoms with Gasteiger partial charge in [-0.15, -0.1) is 0 Å². The molecule has 1 aromatic rings. The number of aliphatic hydroxyl groups is 1. The molecule has 0 amide bonds. The third-order valence-electron chi connectivity index (χ3n) is 1.17. The molecule has 11 heavy (non-hydrogen) atoms. The van der Waals surface area contributed by atoms with Crippen molar-refractivity contribution in [1.29, 1.82) is 0 Å². The summed E-state index contributed by atoms with van der Waals surface area (Å²) in [6, 6.07) is 1.68. The molecule has 1 atom stereocenters. The fraction of sp³-hybridized carbons (Fsp3) is 0.286. The number of nitrogens with zero attached hydrogens (tertiary/aromatic N) is 2. The Balaban J connectivity index is 2.57. The zero-order chi connectivity index (χ0) is 8.10. The average molecular weight is 152 g/mol. The Hall–Kier alpha value is -1.29. The van der Waals surface area contributed by atoms with Crippen LogP contribution in [0.1, 0.15) is 5.82 Å². The molecule has 0 saturated heterocycles. The average Bonchev–Trinajstić information content (AvgIpc) is 2.06. The number of aliphatic hydroxyl groups excluding tert-OH is 1. The van der Waals surface area contributed by atoms with Crippen LogP contribution in [0, 0.1) is 0 Å². The maximum atomic E-state index is 10.0. The van der Waals surface area contributed by atoms with Gasteiger partial charge >= 0.3 is 0 Å². The van der Waals surface area contributed by atoms with E-state index in [-0.39, 0.29) is 6.42 Å². The molecule has 58 valence electrons. The molecule has 4 nitrogen and oxygen atoms in total. The first kappa shape index (κ1) is 7.81. The lowest BCUT2D eigenvalue weighted by Crippen LogP contribution is -2.13. The molecule has 1 heterocycles. The lowest BCUT2D eigenvalue weighted by molar-refractivity contribution is -0.114. The number of carbonyl (C=O) groups is 1. The molecule has 0 saturated carbocycles. The summed E-state index contributed by atoms with van der Waals surface area (Å²) >= 11 is 0. The number of aromatic nitrogens is 2. The molecular formula is C7H8N2O2. The van der Waals surface area contributed by atoms with Gasteiger partial charge in [-0.3, -0.25) is 0 Å². The van der Waals surface area contributed by atoms with Crippen LogP contribution in [0.4, 0.5) is 0 Å². The van der Waals surface area contributed by atoms with Gasteiger partial charge in [-0.1, -0.05) is 0 Å². The maximum Gasteiger partial charge on any atom is 0.148 e. The summed E-state index contributed by atoms with van der Waals surface area (Å²) in [6.07, 6.45) is 2.80. The van der Waals surface area contributed by atoms with Crippen molar-refractivity contribution in [3.8, 4) is 0 Å². The highest BCUT2D eigenvalue weighted by Gasteiger charge is 2.03. The molecule has 0 spiro atoms. The van der Waals surface area contributed by atoms with Crippen molar-refractivity contribution in [3.63, 3.8) is 0 Å². The third kappa shape index (κ3) is 2.43. The van der Waals surface area contributed by atoms with Gasteiger partial charge in [0.25, 0.3) is 0 Å². The minimum atomic E-state index is -0.989. The first-order chi connectivity index (χ1) is 5.33. The Morgan fingerprint density at radius 3 is 2.73 bits per heavy atom. The molecule has 0 aliphatic rings. The molecular weight excluding hydrogens is 144 g/mol. The number of carbonyl (C=O) groups excluding carboxylic acids is 1. The molecule has 0 fully saturated rings. The van der Waals surface area contributed by atoms with Crippen molar-refractivity contribution in [2.24, 2.45) is 0 Å². The summed E-state index contributed by atoms with van der Waals surface area (Å²) in [7, 11) is 0. The van der Waals surface area contributed by atoms with Crippen LogP contribution in [-0.2, 0) is 11.2 Å². The van der Waals surface area contributed by atoms with Crippen LogP contribution in [0.5, 0.6) is 0 Å². The van der Waals surface area contributed by atoms with E-state index in [4.69, 9.17) is 5.11 Å². The van der Waals surface area contributed by atoms with Gasteiger partial charge in [0.1, 0.15) is 18.2 Å². The van der Waals surface area contributed by atoms with Crippen LogP contribution in [0.3, 0.4) is 0 Å². The Morgan fingerprint density at radius 2 is 2.18 bits per heavy atom. The third-order valence-corrected chi connectivity index (χ3v) is 1.17. The van der Waals surface area contributed by atoms with E-state index in [0.717, 1.165) is 0 Å². The summed E-state index contributed by atoms with van der Waals surface area (Å²) in [4.78, 5) is 17.7. The van der Waals surface area contributed by atoms with E-state index >= 15 is 0 Å². The van der Waals surface area contributed by atoms with Crippen molar-refractivity contribution in [2.45, 2.75) is 12.5 Å². The van der Waals surface area contributed by atoms with Crippen LogP contribution in [-0.4, -0.2) is 27.5 Å². The number of aldehydes is 1. The van der Waals surface area contributed by atoms with E-state index in [1.54, 1.807) is 18.5 Å². The lowest BCUT2D eigenvalue weighted by atomic mass is 10.3. The highest BCUT2D eigenvalue weighted by atomic mass is 16.3. The quantitative estimate of drug-likeness (QED) is 0.597. The predicted octanol–water partition coefficient (Wildman–Crippen LogP) is -0.421. The van der Waals surface area contributed by atoms with Gasteiger partial charge in [-0.25, -0.2) is 9.97 Å². The first-order valence-corrected chi connectivity index (χ1v) is 3.22. The van der Waals surface area contributed by atoms with E-state index in [9.17, 15) is 4.79 Å². The zero-order valence-electron chi connectivity index (χ0n) is 5.84. The second kappa shape index (κ2) is 3.78. The summed E-state index contributed by atoms with van der Waals surface area (Å²) < 4.78 is 0. The molecule has 1 N–H and O–H groups in total. The van der Waals surface area contributed by atoms with Gasteiger partial charge in [-0.05, 0) is 6.07 Å². The lowest BCUT2D eigenvalue weighted by Gasteiger charge is -1.98. The molecule has 1 unspecified atom stereocenters. The second-order valence-electron chi connectivity index (χ2n) is 2.07. The van der Waals surface area contributed by atoms with E-state index < -0.39 is 6.10 Å². The second-order valence-corrected chi connectivity index (χ2v) is 2.07. The SMILES string of the molecule is O=CC(O)Cc1ncccn1. The van der Waals surface area contributed by atoms with E-state index in [1.807, 2.05) is 0 Å². The van der Waals surface area contributed by atoms with Crippen LogP contribution >= 0.6 is 0 Å². The standard InChI is InChI=1S/C7H8N2O2/c10-5-6(11)4-7-8-2-1-3-9-7/h1-3,5-6,11H,4H2. The zero-order valence-corrected chi connectivity index (χ0v) is 5.84. The molecule has 4 heteroatoms. The molecule has 0 aromatic carbocycles. The minimum Gasteiger partial charge on any atom is -0.385 e. The minimum absolute atomic E-state index is 0.185. The van der Waals surface area contributed by atoms with Crippen LogP contribution in [0.2, 0.25) is 0 Å². The highest BCUT2D eigenvalue weighted by Crippen LogP contribution is 1.92. The van der Waals surface area contributed by atoms with Gasteiger partial charge in [-0.2, -0.15) is 0 Å². The molecule has 0 aliphatic heterocycles. The van der Waals surface area contributed by atoms with Crippen molar-refractivity contribution in [1.82, 2.24) is 9.97 Å². The molecule has 0 bridgehead atoms. The summed E-state index contributed by atoms with van der Waals surface area (Å²) in [6.45, 7) is 0. The van der Waals surface area contributed by atoms with E-state index in [0.29, 0.717) is 12.1 Å².